The van der Waals surface area contributed by atoms with Crippen molar-refractivity contribution in [2.75, 3.05) is 6.54 Å². The summed E-state index contributed by atoms with van der Waals surface area (Å²) in [6, 6.07) is -0.782. The van der Waals surface area contributed by atoms with Crippen molar-refractivity contribution in [2.24, 2.45) is 17.4 Å². The average molecular weight is 176 g/mol. The van der Waals surface area contributed by atoms with Gasteiger partial charge in [0.05, 0.1) is 0 Å². The van der Waals surface area contributed by atoms with Crippen LogP contribution in [0.2, 0.25) is 0 Å². The summed E-state index contributed by atoms with van der Waals surface area (Å²) in [6.07, 6.45) is 0.579. The van der Waals surface area contributed by atoms with Gasteiger partial charge in [0.1, 0.15) is 11.6 Å². The number of halogens is 1. The molecular weight excluding hydrogens is 163 g/mol. The lowest BCUT2D eigenvalue weighted by atomic mass is 9.93. The van der Waals surface area contributed by atoms with E-state index in [4.69, 9.17) is 16.6 Å². The molecule has 0 aromatic heterocycles. The van der Waals surface area contributed by atoms with E-state index in [1.807, 2.05) is 0 Å². The largest absolute Gasteiger partial charge is 0.481 e. The maximum Gasteiger partial charge on any atom is 0.311 e. The first-order valence-corrected chi connectivity index (χ1v) is 3.88. The van der Waals surface area contributed by atoms with E-state index in [1.54, 1.807) is 0 Å². The highest BCUT2D eigenvalue weighted by Crippen LogP contribution is 2.47. The van der Waals surface area contributed by atoms with Crippen LogP contribution in [0.25, 0.3) is 0 Å². The molecule has 0 amide bonds. The number of alkyl halides is 1. The Morgan fingerprint density at radius 3 is 2.42 bits per heavy atom. The fourth-order valence-electron chi connectivity index (χ4n) is 1.35. The molecular formula is C7H13FN2O2. The number of nitrogens with two attached hydrogens (primary N) is 2. The van der Waals surface area contributed by atoms with E-state index in [9.17, 15) is 9.18 Å². The first-order chi connectivity index (χ1) is 5.51. The molecule has 1 aliphatic carbocycles. The molecule has 1 aliphatic rings. The quantitative estimate of drug-likeness (QED) is 0.537. The molecule has 5 N–H and O–H groups in total. The minimum atomic E-state index is -1.59. The number of rotatable bonds is 4. The Bertz CT molecular complexity index is 194. The highest BCUT2D eigenvalue weighted by atomic mass is 19.1. The van der Waals surface area contributed by atoms with Gasteiger partial charge in [0.15, 0.2) is 0 Å². The number of aliphatic carboxylic acids is 1. The third kappa shape index (κ3) is 1.56. The molecule has 0 radical (unpaired) electrons. The number of hydrogen-bond donors (Lipinski definition) is 3. The molecule has 2 unspecified atom stereocenters. The van der Waals surface area contributed by atoms with Crippen LogP contribution in [0.4, 0.5) is 4.39 Å². The minimum Gasteiger partial charge on any atom is -0.481 e. The number of carboxylic acid groups (broad SMARTS) is 1. The Morgan fingerprint density at radius 1 is 1.67 bits per heavy atom. The Hall–Kier alpha value is -0.680. The fourth-order valence-corrected chi connectivity index (χ4v) is 1.35. The Balaban J connectivity index is 2.68. The van der Waals surface area contributed by atoms with Crippen LogP contribution >= 0.6 is 0 Å². The lowest BCUT2D eigenvalue weighted by Crippen LogP contribution is -2.47. The predicted octanol–water partition coefficient (Wildman–Crippen LogP) is -0.525. The van der Waals surface area contributed by atoms with Gasteiger partial charge in [-0.2, -0.15) is 0 Å². The number of hydrogen-bond acceptors (Lipinski definition) is 3. The molecule has 0 aromatic rings. The molecule has 0 saturated heterocycles. The molecule has 2 atom stereocenters. The lowest BCUT2D eigenvalue weighted by molar-refractivity contribution is -0.145. The zero-order valence-electron chi connectivity index (χ0n) is 6.66. The van der Waals surface area contributed by atoms with Crippen LogP contribution in [0.1, 0.15) is 12.8 Å². The van der Waals surface area contributed by atoms with Crippen LogP contribution < -0.4 is 11.5 Å². The van der Waals surface area contributed by atoms with Gasteiger partial charge in [0.2, 0.25) is 0 Å². The van der Waals surface area contributed by atoms with E-state index >= 15 is 0 Å². The van der Waals surface area contributed by atoms with E-state index in [0.29, 0.717) is 0 Å². The molecule has 12 heavy (non-hydrogen) atoms. The van der Waals surface area contributed by atoms with E-state index in [2.05, 4.69) is 0 Å². The topological polar surface area (TPSA) is 89.3 Å². The molecule has 1 fully saturated rings. The van der Waals surface area contributed by atoms with Crippen molar-refractivity contribution >= 4 is 5.97 Å². The summed E-state index contributed by atoms with van der Waals surface area (Å²) in [4.78, 5) is 10.6. The smallest absolute Gasteiger partial charge is 0.311 e. The van der Waals surface area contributed by atoms with Crippen LogP contribution in [-0.2, 0) is 4.79 Å². The first kappa shape index (κ1) is 9.41. The molecule has 0 aromatic carbocycles. The molecule has 1 rings (SSSR count). The molecule has 0 aliphatic heterocycles. The standard InChI is InChI=1S/C7H13FN2O2/c8-7(1-2-7)5(6(11)12)4(10)3-9/h4-5H,1-3,9-10H2,(H,11,12). The lowest BCUT2D eigenvalue weighted by Gasteiger charge is -2.21. The third-order valence-corrected chi connectivity index (χ3v) is 2.25. The zero-order chi connectivity index (χ0) is 9.35. The van der Waals surface area contributed by atoms with Gasteiger partial charge >= 0.3 is 5.97 Å². The van der Waals surface area contributed by atoms with Crippen LogP contribution in [0.15, 0.2) is 0 Å². The first-order valence-electron chi connectivity index (χ1n) is 3.88. The van der Waals surface area contributed by atoms with Crippen LogP contribution in [0.5, 0.6) is 0 Å². The van der Waals surface area contributed by atoms with Crippen LogP contribution in [0, 0.1) is 5.92 Å². The summed E-state index contributed by atoms with van der Waals surface area (Å²) < 4.78 is 13.3. The van der Waals surface area contributed by atoms with Gasteiger partial charge in [-0.1, -0.05) is 0 Å². The third-order valence-electron chi connectivity index (χ3n) is 2.25. The Kier molecular flexibility index (Phi) is 2.34. The van der Waals surface area contributed by atoms with Crippen LogP contribution in [0.3, 0.4) is 0 Å². The van der Waals surface area contributed by atoms with Gasteiger partial charge in [-0.05, 0) is 12.8 Å². The fraction of sp³-hybridized carbons (Fsp3) is 0.857. The van der Waals surface area contributed by atoms with Gasteiger partial charge in [0, 0.05) is 12.6 Å². The molecule has 70 valence electrons. The summed E-state index contributed by atoms with van der Waals surface area (Å²) in [5.74, 6) is -2.32. The second-order valence-corrected chi connectivity index (χ2v) is 3.25. The van der Waals surface area contributed by atoms with Crippen molar-refractivity contribution in [3.05, 3.63) is 0 Å². The molecule has 1 saturated carbocycles. The normalized spacial score (nSPS) is 24.6. The monoisotopic (exact) mass is 176 g/mol. The highest BCUT2D eigenvalue weighted by molar-refractivity contribution is 5.73. The van der Waals surface area contributed by atoms with E-state index in [-0.39, 0.29) is 19.4 Å². The van der Waals surface area contributed by atoms with Gasteiger partial charge in [-0.15, -0.1) is 0 Å². The second kappa shape index (κ2) is 2.99. The van der Waals surface area contributed by atoms with Crippen molar-refractivity contribution in [3.63, 3.8) is 0 Å². The summed E-state index contributed by atoms with van der Waals surface area (Å²) in [7, 11) is 0. The number of carboxylic acids is 1. The van der Waals surface area contributed by atoms with E-state index < -0.39 is 23.6 Å². The van der Waals surface area contributed by atoms with Gasteiger partial charge in [0.25, 0.3) is 0 Å². The summed E-state index contributed by atoms with van der Waals surface area (Å²) in [5, 5.41) is 8.67. The summed E-state index contributed by atoms with van der Waals surface area (Å²) in [5.41, 5.74) is 8.99. The maximum absolute atomic E-state index is 13.3. The molecule has 0 bridgehead atoms. The average Bonchev–Trinajstić information content (AvgIpc) is 2.67. The van der Waals surface area contributed by atoms with Gasteiger partial charge in [-0.25, -0.2) is 4.39 Å². The van der Waals surface area contributed by atoms with Crippen molar-refractivity contribution in [1.29, 1.82) is 0 Å². The minimum absolute atomic E-state index is 0.00262. The summed E-state index contributed by atoms with van der Waals surface area (Å²) in [6.45, 7) is 0.00262. The van der Waals surface area contributed by atoms with Crippen molar-refractivity contribution in [1.82, 2.24) is 0 Å². The van der Waals surface area contributed by atoms with Crippen molar-refractivity contribution in [3.8, 4) is 0 Å². The molecule has 0 spiro atoms. The SMILES string of the molecule is NCC(N)C(C(=O)O)C1(F)CC1. The van der Waals surface area contributed by atoms with Crippen LogP contribution in [-0.4, -0.2) is 29.3 Å². The predicted molar refractivity (Wildman–Crippen MR) is 41.2 cm³/mol. The molecule has 0 heterocycles. The van der Waals surface area contributed by atoms with Gasteiger partial charge < -0.3 is 16.6 Å². The maximum atomic E-state index is 13.3. The Labute approximate surface area is 69.7 Å². The van der Waals surface area contributed by atoms with Crippen molar-refractivity contribution in [2.45, 2.75) is 24.6 Å². The second-order valence-electron chi connectivity index (χ2n) is 3.25. The van der Waals surface area contributed by atoms with E-state index in [0.717, 1.165) is 0 Å². The zero-order valence-corrected chi connectivity index (χ0v) is 6.66. The highest BCUT2D eigenvalue weighted by Gasteiger charge is 2.55. The van der Waals surface area contributed by atoms with E-state index in [1.165, 1.54) is 0 Å². The Morgan fingerprint density at radius 2 is 2.17 bits per heavy atom. The number of carbonyl (C=O) groups is 1. The molecule has 5 heteroatoms. The molecule has 4 nitrogen and oxygen atoms in total. The summed E-state index contributed by atoms with van der Waals surface area (Å²) >= 11 is 0. The van der Waals surface area contributed by atoms with Crippen molar-refractivity contribution < 1.29 is 14.3 Å². The van der Waals surface area contributed by atoms with Gasteiger partial charge in [-0.3, -0.25) is 4.79 Å².